The summed E-state index contributed by atoms with van der Waals surface area (Å²) >= 11 is 0. The average molecular weight is 472 g/mol. The summed E-state index contributed by atoms with van der Waals surface area (Å²) in [4.78, 5) is 15.5. The lowest BCUT2D eigenvalue weighted by molar-refractivity contribution is -0.131. The number of carboxylic acid groups (broad SMARTS) is 1. The molecule has 36 heavy (non-hydrogen) atoms. The summed E-state index contributed by atoms with van der Waals surface area (Å²) < 4.78 is 0. The standard InChI is InChI=1S/C31H25N3O2/c1-2-27(23-6-5-7-24(18-23)28-8-3-4-17-32-28)31(25-14-15-29-26(19-25)20-33-34-29)22-12-9-21(10-13-22)11-16-30(35)36/h3-20H,2H2,1H3,(H,33,34)(H,35,36)/b16-11+,31-27+. The minimum absolute atomic E-state index is 0.825. The summed E-state index contributed by atoms with van der Waals surface area (Å²) in [5.74, 6) is -0.964. The molecule has 0 amide bonds. The van der Waals surface area contributed by atoms with Crippen LogP contribution in [0.1, 0.15) is 35.6 Å². The van der Waals surface area contributed by atoms with Gasteiger partial charge in [0.05, 0.1) is 17.4 Å². The molecule has 5 rings (SSSR count). The number of hydrogen-bond donors (Lipinski definition) is 2. The maximum atomic E-state index is 10.9. The van der Waals surface area contributed by atoms with E-state index in [4.69, 9.17) is 5.11 Å². The lowest BCUT2D eigenvalue weighted by atomic mass is 9.87. The van der Waals surface area contributed by atoms with E-state index in [0.717, 1.165) is 62.5 Å². The first kappa shape index (κ1) is 23.0. The fourth-order valence-electron chi connectivity index (χ4n) is 4.47. The van der Waals surface area contributed by atoms with Gasteiger partial charge in [0.15, 0.2) is 0 Å². The summed E-state index contributed by atoms with van der Waals surface area (Å²) in [7, 11) is 0. The lowest BCUT2D eigenvalue weighted by Gasteiger charge is -2.17. The first-order chi connectivity index (χ1) is 17.6. The van der Waals surface area contributed by atoms with Gasteiger partial charge in [0, 0.05) is 23.2 Å². The summed E-state index contributed by atoms with van der Waals surface area (Å²) in [6.45, 7) is 2.17. The molecule has 5 nitrogen and oxygen atoms in total. The highest BCUT2D eigenvalue weighted by atomic mass is 16.4. The SMILES string of the molecule is CC/C(=C(/c1ccc(/C=C/C(=O)O)cc1)c1ccc2[nH]ncc2c1)c1cccc(-c2ccccn2)c1. The monoisotopic (exact) mass is 471 g/mol. The second-order valence-corrected chi connectivity index (χ2v) is 8.47. The third-order valence-electron chi connectivity index (χ3n) is 6.17. The minimum Gasteiger partial charge on any atom is -0.478 e. The molecular weight excluding hydrogens is 446 g/mol. The van der Waals surface area contributed by atoms with Gasteiger partial charge >= 0.3 is 5.97 Å². The molecule has 176 valence electrons. The van der Waals surface area contributed by atoms with Crippen molar-refractivity contribution in [3.05, 3.63) is 126 Å². The van der Waals surface area contributed by atoms with Crippen LogP contribution in [0, 0.1) is 0 Å². The van der Waals surface area contributed by atoms with Crippen molar-refractivity contribution in [2.24, 2.45) is 0 Å². The van der Waals surface area contributed by atoms with Crippen LogP contribution in [0.15, 0.2) is 103 Å². The predicted molar refractivity (Wildman–Crippen MR) is 145 cm³/mol. The molecule has 0 atom stereocenters. The first-order valence-electron chi connectivity index (χ1n) is 11.8. The van der Waals surface area contributed by atoms with Crippen molar-refractivity contribution in [1.29, 1.82) is 0 Å². The number of hydrogen-bond acceptors (Lipinski definition) is 3. The Bertz CT molecular complexity index is 1580. The zero-order valence-electron chi connectivity index (χ0n) is 19.8. The van der Waals surface area contributed by atoms with Crippen LogP contribution < -0.4 is 0 Å². The molecule has 0 fully saturated rings. The molecule has 0 saturated carbocycles. The number of carbonyl (C=O) groups is 1. The number of allylic oxidation sites excluding steroid dienone is 1. The van der Waals surface area contributed by atoms with E-state index in [9.17, 15) is 4.79 Å². The number of nitrogens with one attached hydrogen (secondary N) is 1. The van der Waals surface area contributed by atoms with Gasteiger partial charge in [-0.15, -0.1) is 0 Å². The number of rotatable bonds is 7. The minimum atomic E-state index is -0.964. The maximum Gasteiger partial charge on any atom is 0.328 e. The van der Waals surface area contributed by atoms with E-state index in [0.29, 0.717) is 0 Å². The van der Waals surface area contributed by atoms with Crippen LogP contribution in [0.3, 0.4) is 0 Å². The average Bonchev–Trinajstić information content (AvgIpc) is 3.39. The van der Waals surface area contributed by atoms with Crippen molar-refractivity contribution >= 4 is 34.1 Å². The molecule has 2 heterocycles. The van der Waals surface area contributed by atoms with Crippen LogP contribution in [-0.2, 0) is 4.79 Å². The molecule has 0 saturated heterocycles. The molecule has 0 unspecified atom stereocenters. The van der Waals surface area contributed by atoms with Crippen LogP contribution in [0.2, 0.25) is 0 Å². The van der Waals surface area contributed by atoms with Crippen LogP contribution in [-0.4, -0.2) is 26.3 Å². The molecule has 0 aliphatic rings. The molecule has 0 radical (unpaired) electrons. The Morgan fingerprint density at radius 3 is 2.50 bits per heavy atom. The van der Waals surface area contributed by atoms with Gasteiger partial charge in [-0.25, -0.2) is 4.79 Å². The van der Waals surface area contributed by atoms with Gasteiger partial charge in [-0.1, -0.05) is 61.5 Å². The zero-order valence-corrected chi connectivity index (χ0v) is 19.8. The van der Waals surface area contributed by atoms with Crippen molar-refractivity contribution in [2.75, 3.05) is 0 Å². The van der Waals surface area contributed by atoms with Gasteiger partial charge in [0.1, 0.15) is 0 Å². The third kappa shape index (κ3) is 4.86. The quantitative estimate of drug-likeness (QED) is 0.196. The number of fused-ring (bicyclic) bond motifs is 1. The molecule has 2 N–H and O–H groups in total. The maximum absolute atomic E-state index is 10.9. The highest BCUT2D eigenvalue weighted by Crippen LogP contribution is 2.36. The molecular formula is C31H25N3O2. The Labute approximate surface area is 209 Å². The summed E-state index contributed by atoms with van der Waals surface area (Å²) in [6.07, 6.45) is 7.22. The Hall–Kier alpha value is -4.77. The van der Waals surface area contributed by atoms with Crippen molar-refractivity contribution in [3.63, 3.8) is 0 Å². The molecule has 3 aromatic carbocycles. The van der Waals surface area contributed by atoms with E-state index in [-0.39, 0.29) is 0 Å². The largest absolute Gasteiger partial charge is 0.478 e. The molecule has 0 spiro atoms. The zero-order chi connectivity index (χ0) is 24.9. The highest BCUT2D eigenvalue weighted by Gasteiger charge is 2.15. The normalized spacial score (nSPS) is 12.1. The number of carboxylic acids is 1. The number of benzene rings is 3. The number of H-pyrrole nitrogens is 1. The Morgan fingerprint density at radius 2 is 1.75 bits per heavy atom. The van der Waals surface area contributed by atoms with Crippen molar-refractivity contribution in [2.45, 2.75) is 13.3 Å². The van der Waals surface area contributed by atoms with Gasteiger partial charge in [0.2, 0.25) is 0 Å². The van der Waals surface area contributed by atoms with E-state index in [1.807, 2.05) is 42.7 Å². The van der Waals surface area contributed by atoms with Gasteiger partial charge in [0.25, 0.3) is 0 Å². The van der Waals surface area contributed by atoms with E-state index in [1.54, 1.807) is 6.08 Å². The third-order valence-corrected chi connectivity index (χ3v) is 6.17. The highest BCUT2D eigenvalue weighted by molar-refractivity contribution is 6.01. The van der Waals surface area contributed by atoms with Gasteiger partial charge in [-0.3, -0.25) is 10.1 Å². The predicted octanol–water partition coefficient (Wildman–Crippen LogP) is 7.09. The number of nitrogens with zero attached hydrogens (tertiary/aromatic N) is 2. The Kier molecular flexibility index (Phi) is 6.54. The number of aromatic nitrogens is 3. The fourth-order valence-corrected chi connectivity index (χ4v) is 4.47. The Balaban J connectivity index is 1.69. The topological polar surface area (TPSA) is 78.9 Å². The molecule has 0 bridgehead atoms. The van der Waals surface area contributed by atoms with Crippen LogP contribution in [0.25, 0.3) is 39.4 Å². The lowest BCUT2D eigenvalue weighted by Crippen LogP contribution is -1.96. The van der Waals surface area contributed by atoms with Crippen molar-refractivity contribution in [3.8, 4) is 11.3 Å². The van der Waals surface area contributed by atoms with E-state index in [2.05, 4.69) is 76.7 Å². The summed E-state index contributed by atoms with van der Waals surface area (Å²) in [5.41, 5.74) is 9.46. The van der Waals surface area contributed by atoms with Gasteiger partial charge in [-0.05, 0) is 76.2 Å². The summed E-state index contributed by atoms with van der Waals surface area (Å²) in [5, 5.41) is 17.2. The second-order valence-electron chi connectivity index (χ2n) is 8.47. The second kappa shape index (κ2) is 10.2. The van der Waals surface area contributed by atoms with Crippen LogP contribution in [0.5, 0.6) is 0 Å². The van der Waals surface area contributed by atoms with Gasteiger partial charge in [-0.2, -0.15) is 5.10 Å². The number of aliphatic carboxylic acids is 1. The smallest absolute Gasteiger partial charge is 0.328 e. The van der Waals surface area contributed by atoms with E-state index in [1.165, 1.54) is 5.57 Å². The number of pyridine rings is 1. The Morgan fingerprint density at radius 1 is 0.917 bits per heavy atom. The van der Waals surface area contributed by atoms with E-state index < -0.39 is 5.97 Å². The van der Waals surface area contributed by atoms with Crippen LogP contribution >= 0.6 is 0 Å². The van der Waals surface area contributed by atoms with Crippen molar-refractivity contribution in [1.82, 2.24) is 15.2 Å². The fraction of sp³-hybridized carbons (Fsp3) is 0.0645. The molecule has 5 aromatic rings. The first-order valence-corrected chi connectivity index (χ1v) is 11.8. The van der Waals surface area contributed by atoms with Crippen molar-refractivity contribution < 1.29 is 9.90 Å². The molecule has 0 aliphatic carbocycles. The molecule has 2 aromatic heterocycles. The summed E-state index contributed by atoms with van der Waals surface area (Å²) in [6, 6.07) is 28.8. The molecule has 5 heteroatoms. The van der Waals surface area contributed by atoms with Crippen LogP contribution in [0.4, 0.5) is 0 Å². The number of aromatic amines is 1. The van der Waals surface area contributed by atoms with Gasteiger partial charge < -0.3 is 5.11 Å². The molecule has 0 aliphatic heterocycles. The van der Waals surface area contributed by atoms with E-state index >= 15 is 0 Å².